The summed E-state index contributed by atoms with van der Waals surface area (Å²) in [5, 5.41) is 5.87. The van der Waals surface area contributed by atoms with Crippen LogP contribution in [0.25, 0.3) is 0 Å². The van der Waals surface area contributed by atoms with Crippen molar-refractivity contribution in [3.8, 4) is 0 Å². The third kappa shape index (κ3) is 3.81. The molecule has 2 N–H and O–H groups in total. The maximum absolute atomic E-state index is 12.1. The predicted octanol–water partition coefficient (Wildman–Crippen LogP) is 1.15. The smallest absolute Gasteiger partial charge is 0.318 e. The summed E-state index contributed by atoms with van der Waals surface area (Å²) in [6.07, 6.45) is 1.63. The molecule has 0 aliphatic carbocycles. The third-order valence-electron chi connectivity index (χ3n) is 3.58. The summed E-state index contributed by atoms with van der Waals surface area (Å²) in [6.45, 7) is 1.30. The summed E-state index contributed by atoms with van der Waals surface area (Å²) in [5.74, 6) is 0.0832. The molecule has 0 bridgehead atoms. The van der Waals surface area contributed by atoms with Crippen LogP contribution in [0.1, 0.15) is 18.4 Å². The number of hydrogen-bond donors (Lipinski definition) is 2. The fourth-order valence-electron chi connectivity index (χ4n) is 2.39. The van der Waals surface area contributed by atoms with Crippen LogP contribution in [0.4, 0.5) is 4.79 Å². The second kappa shape index (κ2) is 7.05. The minimum atomic E-state index is -0.168. The summed E-state index contributed by atoms with van der Waals surface area (Å²) in [5.41, 5.74) is 1.05. The molecule has 1 fully saturated rings. The van der Waals surface area contributed by atoms with Crippen molar-refractivity contribution in [2.45, 2.75) is 25.4 Å². The van der Waals surface area contributed by atoms with E-state index in [1.165, 1.54) is 0 Å². The number of carbonyl (C=O) groups excluding carboxylic acids is 2. The Morgan fingerprint density at radius 2 is 2.10 bits per heavy atom. The van der Waals surface area contributed by atoms with E-state index in [0.717, 1.165) is 18.4 Å². The average molecular weight is 275 g/mol. The molecular formula is C15H21N3O2. The van der Waals surface area contributed by atoms with Crippen LogP contribution in [0.3, 0.4) is 0 Å². The predicted molar refractivity (Wildman–Crippen MR) is 77.3 cm³/mol. The standard InChI is InChI=1S/C15H21N3O2/c1-16-13-8-5-9-18(11-14(13)19)15(20)17-10-12-6-3-2-4-7-12/h2-4,6-7,13,16H,5,8-11H2,1H3,(H,17,20). The van der Waals surface area contributed by atoms with Gasteiger partial charge in [-0.2, -0.15) is 0 Å². The number of urea groups is 1. The Bertz CT molecular complexity index is 461. The van der Waals surface area contributed by atoms with E-state index >= 15 is 0 Å². The Morgan fingerprint density at radius 1 is 1.35 bits per heavy atom. The second-order valence-electron chi connectivity index (χ2n) is 5.02. The Morgan fingerprint density at radius 3 is 2.80 bits per heavy atom. The van der Waals surface area contributed by atoms with E-state index in [9.17, 15) is 9.59 Å². The van der Waals surface area contributed by atoms with Crippen LogP contribution in [0.15, 0.2) is 30.3 Å². The highest BCUT2D eigenvalue weighted by atomic mass is 16.2. The lowest BCUT2D eigenvalue weighted by Gasteiger charge is -2.20. The molecule has 5 nitrogen and oxygen atoms in total. The molecule has 1 aliphatic heterocycles. The number of nitrogens with one attached hydrogen (secondary N) is 2. The molecule has 5 heteroatoms. The molecule has 1 aliphatic rings. The maximum atomic E-state index is 12.1. The van der Waals surface area contributed by atoms with Crippen LogP contribution in [-0.4, -0.2) is 42.9 Å². The maximum Gasteiger partial charge on any atom is 0.318 e. The number of amides is 2. The van der Waals surface area contributed by atoms with Crippen LogP contribution in [-0.2, 0) is 11.3 Å². The van der Waals surface area contributed by atoms with Crippen LogP contribution >= 0.6 is 0 Å². The van der Waals surface area contributed by atoms with Crippen LogP contribution < -0.4 is 10.6 Å². The van der Waals surface area contributed by atoms with E-state index in [1.807, 2.05) is 30.3 Å². The molecular weight excluding hydrogens is 254 g/mol. The number of nitrogens with zero attached hydrogens (tertiary/aromatic N) is 1. The van der Waals surface area contributed by atoms with Gasteiger partial charge in [-0.25, -0.2) is 4.79 Å². The first-order chi connectivity index (χ1) is 9.70. The van der Waals surface area contributed by atoms with Gasteiger partial charge in [-0.3, -0.25) is 4.79 Å². The number of benzene rings is 1. The minimum absolute atomic E-state index is 0.0832. The largest absolute Gasteiger partial charge is 0.334 e. The Hall–Kier alpha value is -1.88. The van der Waals surface area contributed by atoms with Crippen LogP contribution in [0.5, 0.6) is 0 Å². The number of likely N-dealkylation sites (tertiary alicyclic amines) is 1. The van der Waals surface area contributed by atoms with Crippen molar-refractivity contribution in [3.05, 3.63) is 35.9 Å². The number of ketones is 1. The van der Waals surface area contributed by atoms with Gasteiger partial charge in [-0.1, -0.05) is 30.3 Å². The zero-order valence-corrected chi connectivity index (χ0v) is 11.8. The van der Waals surface area contributed by atoms with Gasteiger partial charge in [0.2, 0.25) is 0 Å². The lowest BCUT2D eigenvalue weighted by molar-refractivity contribution is -0.121. The number of likely N-dealkylation sites (N-methyl/N-ethyl adjacent to an activating group) is 1. The summed E-state index contributed by atoms with van der Waals surface area (Å²) in [4.78, 5) is 25.7. The first-order valence-corrected chi connectivity index (χ1v) is 6.97. The van der Waals surface area contributed by atoms with Crippen LogP contribution in [0, 0.1) is 0 Å². The summed E-state index contributed by atoms with van der Waals surface area (Å²) < 4.78 is 0. The zero-order chi connectivity index (χ0) is 14.4. The number of hydrogen-bond acceptors (Lipinski definition) is 3. The summed E-state index contributed by atoms with van der Waals surface area (Å²) >= 11 is 0. The van der Waals surface area contributed by atoms with Gasteiger partial charge in [-0.05, 0) is 25.5 Å². The van der Waals surface area contributed by atoms with E-state index < -0.39 is 0 Å². The molecule has 0 saturated carbocycles. The highest BCUT2D eigenvalue weighted by Crippen LogP contribution is 2.08. The highest BCUT2D eigenvalue weighted by molar-refractivity contribution is 5.89. The van der Waals surface area contributed by atoms with Crippen LogP contribution in [0.2, 0.25) is 0 Å². The number of rotatable bonds is 3. The molecule has 2 amide bonds. The van der Waals surface area contributed by atoms with E-state index in [-0.39, 0.29) is 24.4 Å². The first-order valence-electron chi connectivity index (χ1n) is 6.97. The molecule has 0 spiro atoms. The number of carbonyl (C=O) groups is 2. The van der Waals surface area contributed by atoms with Gasteiger partial charge in [0.25, 0.3) is 0 Å². The fourth-order valence-corrected chi connectivity index (χ4v) is 2.39. The van der Waals surface area contributed by atoms with Gasteiger partial charge in [0.05, 0.1) is 12.6 Å². The SMILES string of the molecule is CNC1CCCN(C(=O)NCc2ccccc2)CC1=O. The van der Waals surface area contributed by atoms with Gasteiger partial charge < -0.3 is 15.5 Å². The number of Topliss-reactive ketones (excluding diaryl/α,β-unsaturated/α-hetero) is 1. The first kappa shape index (κ1) is 14.5. The normalized spacial score (nSPS) is 19.6. The molecule has 0 radical (unpaired) electrons. The Labute approximate surface area is 119 Å². The quantitative estimate of drug-likeness (QED) is 0.870. The molecule has 1 heterocycles. The van der Waals surface area contributed by atoms with Gasteiger partial charge in [-0.15, -0.1) is 0 Å². The van der Waals surface area contributed by atoms with Crippen molar-refractivity contribution in [3.63, 3.8) is 0 Å². The summed E-state index contributed by atoms with van der Waals surface area (Å²) in [6, 6.07) is 9.45. The molecule has 1 unspecified atom stereocenters. The summed E-state index contributed by atoms with van der Waals surface area (Å²) in [7, 11) is 1.79. The molecule has 0 aromatic heterocycles. The Balaban J connectivity index is 1.87. The van der Waals surface area contributed by atoms with Gasteiger partial charge >= 0.3 is 6.03 Å². The lowest BCUT2D eigenvalue weighted by Crippen LogP contribution is -2.44. The molecule has 20 heavy (non-hydrogen) atoms. The molecule has 1 atom stereocenters. The fraction of sp³-hybridized carbons (Fsp3) is 0.467. The average Bonchev–Trinajstić information content (AvgIpc) is 2.67. The molecule has 1 aromatic carbocycles. The zero-order valence-electron chi connectivity index (χ0n) is 11.8. The van der Waals surface area contributed by atoms with Crippen molar-refractivity contribution in [2.24, 2.45) is 0 Å². The van der Waals surface area contributed by atoms with E-state index in [1.54, 1.807) is 11.9 Å². The molecule has 1 saturated heterocycles. The monoisotopic (exact) mass is 275 g/mol. The highest BCUT2D eigenvalue weighted by Gasteiger charge is 2.25. The van der Waals surface area contributed by atoms with Crippen molar-refractivity contribution >= 4 is 11.8 Å². The molecule has 2 rings (SSSR count). The second-order valence-corrected chi connectivity index (χ2v) is 5.02. The van der Waals surface area contributed by atoms with Crippen molar-refractivity contribution in [1.82, 2.24) is 15.5 Å². The minimum Gasteiger partial charge on any atom is -0.334 e. The molecule has 108 valence electrons. The van der Waals surface area contributed by atoms with E-state index in [4.69, 9.17) is 0 Å². The van der Waals surface area contributed by atoms with E-state index in [0.29, 0.717) is 13.1 Å². The van der Waals surface area contributed by atoms with Crippen molar-refractivity contribution in [1.29, 1.82) is 0 Å². The van der Waals surface area contributed by atoms with Gasteiger partial charge in [0.15, 0.2) is 5.78 Å². The van der Waals surface area contributed by atoms with E-state index in [2.05, 4.69) is 10.6 Å². The Kier molecular flexibility index (Phi) is 5.12. The third-order valence-corrected chi connectivity index (χ3v) is 3.58. The molecule has 1 aromatic rings. The van der Waals surface area contributed by atoms with Crippen molar-refractivity contribution in [2.75, 3.05) is 20.1 Å². The van der Waals surface area contributed by atoms with Gasteiger partial charge in [0, 0.05) is 13.1 Å². The van der Waals surface area contributed by atoms with Gasteiger partial charge in [0.1, 0.15) is 0 Å². The lowest BCUT2D eigenvalue weighted by atomic mass is 10.1. The topological polar surface area (TPSA) is 61.4 Å². The van der Waals surface area contributed by atoms with Crippen molar-refractivity contribution < 1.29 is 9.59 Å².